The minimum Gasteiger partial charge on any atom is -0.504 e. The van der Waals surface area contributed by atoms with Gasteiger partial charge >= 0.3 is 5.97 Å². The van der Waals surface area contributed by atoms with Crippen LogP contribution in [0.25, 0.3) is 0 Å². The second-order valence-corrected chi connectivity index (χ2v) is 5.80. The Hall–Kier alpha value is -1.75. The Morgan fingerprint density at radius 1 is 1.00 bits per heavy atom. The van der Waals surface area contributed by atoms with E-state index >= 15 is 0 Å². The molecule has 0 aliphatic heterocycles. The number of carboxylic acids is 1. The van der Waals surface area contributed by atoms with E-state index < -0.39 is 17.5 Å². The van der Waals surface area contributed by atoms with Gasteiger partial charge in [0.2, 0.25) is 0 Å². The summed E-state index contributed by atoms with van der Waals surface area (Å²) in [5, 5.41) is 28.1. The highest BCUT2D eigenvalue weighted by Crippen LogP contribution is 2.31. The van der Waals surface area contributed by atoms with Crippen molar-refractivity contribution >= 4 is 5.97 Å². The van der Waals surface area contributed by atoms with E-state index in [4.69, 9.17) is 9.84 Å². The maximum Gasteiger partial charge on any atom is 0.339 e. The largest absolute Gasteiger partial charge is 0.504 e. The highest BCUT2D eigenvalue weighted by atomic mass is 16.5. The molecular weight excluding hydrogens is 296 g/mol. The molecule has 5 heteroatoms. The summed E-state index contributed by atoms with van der Waals surface area (Å²) in [6.45, 7) is 2.89. The number of carbonyl (C=O) groups is 1. The molecule has 130 valence electrons. The number of aromatic hydroxyl groups is 2. The number of aromatic carboxylic acids is 1. The van der Waals surface area contributed by atoms with Gasteiger partial charge in [0.05, 0.1) is 6.61 Å². The molecule has 23 heavy (non-hydrogen) atoms. The van der Waals surface area contributed by atoms with Crippen LogP contribution in [-0.2, 0) is 11.3 Å². The van der Waals surface area contributed by atoms with Crippen LogP contribution in [0.1, 0.15) is 74.2 Å². The summed E-state index contributed by atoms with van der Waals surface area (Å²) in [6.07, 6.45) is 9.70. The van der Waals surface area contributed by atoms with Gasteiger partial charge in [0, 0.05) is 6.61 Å². The van der Waals surface area contributed by atoms with Gasteiger partial charge < -0.3 is 20.1 Å². The van der Waals surface area contributed by atoms with Crippen molar-refractivity contribution in [3.63, 3.8) is 0 Å². The Balaban J connectivity index is 2.24. The zero-order valence-electron chi connectivity index (χ0n) is 13.9. The number of hydrogen-bond donors (Lipinski definition) is 3. The van der Waals surface area contributed by atoms with E-state index in [0.717, 1.165) is 12.8 Å². The quantitative estimate of drug-likeness (QED) is 0.390. The maximum absolute atomic E-state index is 11.2. The van der Waals surface area contributed by atoms with Crippen molar-refractivity contribution in [2.24, 2.45) is 0 Å². The third-order valence-corrected chi connectivity index (χ3v) is 3.86. The molecule has 1 aromatic carbocycles. The summed E-state index contributed by atoms with van der Waals surface area (Å²) in [4.78, 5) is 11.2. The Morgan fingerprint density at radius 3 is 2.22 bits per heavy atom. The van der Waals surface area contributed by atoms with Crippen LogP contribution in [0.15, 0.2) is 12.1 Å². The van der Waals surface area contributed by atoms with E-state index in [1.165, 1.54) is 50.7 Å². The van der Waals surface area contributed by atoms with Gasteiger partial charge in [0.15, 0.2) is 11.5 Å². The standard InChI is InChI=1S/C18H28O5/c1-2-3-4-5-6-7-8-9-12-23-13-14-10-11-15(19)17(20)16(14)18(21)22/h10-11,19-20H,2-9,12-13H2,1H3,(H,21,22). The van der Waals surface area contributed by atoms with E-state index in [2.05, 4.69) is 6.92 Å². The van der Waals surface area contributed by atoms with Crippen molar-refractivity contribution in [2.75, 3.05) is 6.61 Å². The zero-order chi connectivity index (χ0) is 17.1. The van der Waals surface area contributed by atoms with Crippen LogP contribution in [0.3, 0.4) is 0 Å². The first kappa shape index (κ1) is 19.3. The Bertz CT molecular complexity index is 485. The van der Waals surface area contributed by atoms with Gasteiger partial charge in [-0.15, -0.1) is 0 Å². The number of carboxylic acid groups (broad SMARTS) is 1. The topological polar surface area (TPSA) is 87.0 Å². The molecule has 0 saturated heterocycles. The lowest BCUT2D eigenvalue weighted by atomic mass is 10.1. The third-order valence-electron chi connectivity index (χ3n) is 3.86. The number of hydrogen-bond acceptors (Lipinski definition) is 4. The van der Waals surface area contributed by atoms with Crippen molar-refractivity contribution in [1.29, 1.82) is 0 Å². The van der Waals surface area contributed by atoms with Crippen LogP contribution in [0.4, 0.5) is 0 Å². The minimum absolute atomic E-state index is 0.117. The van der Waals surface area contributed by atoms with Crippen LogP contribution >= 0.6 is 0 Å². The second-order valence-electron chi connectivity index (χ2n) is 5.80. The molecule has 0 amide bonds. The summed E-state index contributed by atoms with van der Waals surface area (Å²) in [5.41, 5.74) is 0.0771. The smallest absolute Gasteiger partial charge is 0.339 e. The van der Waals surface area contributed by atoms with Crippen LogP contribution < -0.4 is 0 Å². The first-order valence-electron chi connectivity index (χ1n) is 8.42. The lowest BCUT2D eigenvalue weighted by Gasteiger charge is -2.10. The van der Waals surface area contributed by atoms with Crippen LogP contribution in [-0.4, -0.2) is 27.9 Å². The Morgan fingerprint density at radius 2 is 1.61 bits per heavy atom. The van der Waals surface area contributed by atoms with Gasteiger partial charge in [0.1, 0.15) is 5.56 Å². The fourth-order valence-corrected chi connectivity index (χ4v) is 2.50. The molecule has 1 aromatic rings. The van der Waals surface area contributed by atoms with Crippen molar-refractivity contribution in [1.82, 2.24) is 0 Å². The van der Waals surface area contributed by atoms with Gasteiger partial charge in [-0.05, 0) is 18.1 Å². The monoisotopic (exact) mass is 324 g/mol. The molecule has 0 aromatic heterocycles. The van der Waals surface area contributed by atoms with Gasteiger partial charge in [-0.2, -0.15) is 0 Å². The van der Waals surface area contributed by atoms with E-state index in [-0.39, 0.29) is 12.2 Å². The van der Waals surface area contributed by atoms with Crippen molar-refractivity contribution < 1.29 is 24.9 Å². The van der Waals surface area contributed by atoms with E-state index in [9.17, 15) is 15.0 Å². The summed E-state index contributed by atoms with van der Waals surface area (Å²) >= 11 is 0. The van der Waals surface area contributed by atoms with E-state index in [1.807, 2.05) is 0 Å². The molecular formula is C18H28O5. The van der Waals surface area contributed by atoms with Gasteiger partial charge in [-0.25, -0.2) is 4.79 Å². The van der Waals surface area contributed by atoms with Crippen LogP contribution in [0.5, 0.6) is 11.5 Å². The number of phenols is 2. The molecule has 1 rings (SSSR count). The third kappa shape index (κ3) is 6.91. The summed E-state index contributed by atoms with van der Waals surface area (Å²) in [7, 11) is 0. The molecule has 0 radical (unpaired) electrons. The van der Waals surface area contributed by atoms with Gasteiger partial charge in [-0.3, -0.25) is 0 Å². The molecule has 3 N–H and O–H groups in total. The minimum atomic E-state index is -1.27. The highest BCUT2D eigenvalue weighted by molar-refractivity contribution is 5.93. The second kappa shape index (κ2) is 10.9. The number of ether oxygens (including phenoxy) is 1. The average Bonchev–Trinajstić information content (AvgIpc) is 2.52. The normalized spacial score (nSPS) is 10.8. The average molecular weight is 324 g/mol. The first-order valence-corrected chi connectivity index (χ1v) is 8.42. The lowest BCUT2D eigenvalue weighted by Crippen LogP contribution is -2.05. The number of unbranched alkanes of at least 4 members (excludes halogenated alkanes) is 7. The number of benzene rings is 1. The number of rotatable bonds is 12. The molecule has 0 unspecified atom stereocenters. The summed E-state index contributed by atoms with van der Waals surface area (Å²) < 4.78 is 5.49. The Labute approximate surface area is 137 Å². The fourth-order valence-electron chi connectivity index (χ4n) is 2.50. The summed E-state index contributed by atoms with van der Waals surface area (Å²) in [5.74, 6) is -2.32. The molecule has 0 aliphatic rings. The SMILES string of the molecule is CCCCCCCCCCOCc1ccc(O)c(O)c1C(=O)O. The van der Waals surface area contributed by atoms with Crippen molar-refractivity contribution in [3.05, 3.63) is 23.3 Å². The first-order chi connectivity index (χ1) is 11.1. The molecule has 0 saturated carbocycles. The molecule has 0 bridgehead atoms. The van der Waals surface area contributed by atoms with Gasteiger partial charge in [0.25, 0.3) is 0 Å². The predicted molar refractivity (Wildman–Crippen MR) is 89.0 cm³/mol. The van der Waals surface area contributed by atoms with E-state index in [0.29, 0.717) is 12.2 Å². The maximum atomic E-state index is 11.2. The van der Waals surface area contributed by atoms with Crippen molar-refractivity contribution in [3.8, 4) is 11.5 Å². The Kier molecular flexibility index (Phi) is 9.14. The molecule has 0 heterocycles. The van der Waals surface area contributed by atoms with Crippen LogP contribution in [0.2, 0.25) is 0 Å². The number of phenolic OH excluding ortho intramolecular Hbond substituents is 1. The molecule has 0 aliphatic carbocycles. The summed E-state index contributed by atoms with van der Waals surface area (Å²) in [6, 6.07) is 2.74. The molecule has 0 atom stereocenters. The molecule has 0 spiro atoms. The van der Waals surface area contributed by atoms with Crippen LogP contribution in [0, 0.1) is 0 Å². The van der Waals surface area contributed by atoms with E-state index in [1.54, 1.807) is 0 Å². The predicted octanol–water partition coefficient (Wildman–Crippen LogP) is 4.45. The van der Waals surface area contributed by atoms with Crippen molar-refractivity contribution in [2.45, 2.75) is 64.9 Å². The lowest BCUT2D eigenvalue weighted by molar-refractivity contribution is 0.0682. The zero-order valence-corrected chi connectivity index (χ0v) is 13.9. The van der Waals surface area contributed by atoms with Gasteiger partial charge in [-0.1, -0.05) is 57.9 Å². The highest BCUT2D eigenvalue weighted by Gasteiger charge is 2.18. The fraction of sp³-hybridized carbons (Fsp3) is 0.611. The molecule has 0 fully saturated rings. The molecule has 5 nitrogen and oxygen atoms in total.